The lowest BCUT2D eigenvalue weighted by Crippen LogP contribution is -2.34. The number of alkyl halides is 1. The van der Waals surface area contributed by atoms with Crippen molar-refractivity contribution in [2.75, 3.05) is 13.1 Å². The molecule has 18 heavy (non-hydrogen) atoms. The van der Waals surface area contributed by atoms with E-state index in [-0.39, 0.29) is 5.91 Å². The van der Waals surface area contributed by atoms with Crippen LogP contribution in [-0.2, 0) is 5.88 Å². The van der Waals surface area contributed by atoms with E-state index >= 15 is 0 Å². The average Bonchev–Trinajstić information content (AvgIpc) is 2.43. The van der Waals surface area contributed by atoms with Gasteiger partial charge in [-0.05, 0) is 30.5 Å². The van der Waals surface area contributed by atoms with Crippen molar-refractivity contribution in [3.63, 3.8) is 0 Å². The number of amides is 1. The molecule has 0 heterocycles. The zero-order chi connectivity index (χ0) is 13.5. The lowest BCUT2D eigenvalue weighted by Gasteiger charge is -2.24. The minimum atomic E-state index is 0.102. The van der Waals surface area contributed by atoms with Gasteiger partial charge in [-0.3, -0.25) is 4.79 Å². The number of rotatable bonds is 6. The second-order valence-corrected chi connectivity index (χ2v) is 4.96. The number of carbonyl (C=O) groups is 1. The lowest BCUT2D eigenvalue weighted by molar-refractivity contribution is 0.0740. The Balaban J connectivity index is 2.82. The first kappa shape index (κ1) is 15.0. The first-order valence-electron chi connectivity index (χ1n) is 6.56. The summed E-state index contributed by atoms with van der Waals surface area (Å²) in [5.41, 5.74) is 1.72. The molecular weight excluding hydrogens is 246 g/mol. The Labute approximate surface area is 115 Å². The maximum atomic E-state index is 12.4. The van der Waals surface area contributed by atoms with Crippen molar-refractivity contribution in [1.82, 2.24) is 4.90 Å². The second kappa shape index (κ2) is 7.42. The van der Waals surface area contributed by atoms with Crippen LogP contribution in [0, 0.1) is 5.92 Å². The van der Waals surface area contributed by atoms with Gasteiger partial charge in [0.15, 0.2) is 0 Å². The number of hydrogen-bond donors (Lipinski definition) is 0. The van der Waals surface area contributed by atoms with Crippen LogP contribution in [0.3, 0.4) is 0 Å². The number of halogens is 1. The summed E-state index contributed by atoms with van der Waals surface area (Å²) in [4.78, 5) is 14.3. The van der Waals surface area contributed by atoms with Crippen LogP contribution in [0.25, 0.3) is 0 Å². The summed E-state index contributed by atoms with van der Waals surface area (Å²) in [7, 11) is 0. The molecule has 0 N–H and O–H groups in total. The Hall–Kier alpha value is -1.02. The third-order valence-corrected chi connectivity index (χ3v) is 3.53. The summed E-state index contributed by atoms with van der Waals surface area (Å²) in [5, 5.41) is 0. The lowest BCUT2D eigenvalue weighted by atomic mass is 10.1. The zero-order valence-corrected chi connectivity index (χ0v) is 12.2. The molecule has 0 aliphatic rings. The molecule has 3 heteroatoms. The van der Waals surface area contributed by atoms with E-state index in [1.165, 1.54) is 0 Å². The van der Waals surface area contributed by atoms with E-state index in [1.54, 1.807) is 0 Å². The molecule has 0 spiro atoms. The average molecular weight is 268 g/mol. The van der Waals surface area contributed by atoms with Gasteiger partial charge in [0.25, 0.3) is 5.91 Å². The standard InChI is InChI=1S/C15H22ClNO/c1-4-12(3)11-17(5-2)15(18)14-8-6-7-13(9-14)10-16/h6-9,12H,4-5,10-11H2,1-3H3. The van der Waals surface area contributed by atoms with E-state index in [9.17, 15) is 4.79 Å². The Morgan fingerprint density at radius 3 is 2.67 bits per heavy atom. The summed E-state index contributed by atoms with van der Waals surface area (Å²) in [6.45, 7) is 7.90. The van der Waals surface area contributed by atoms with Crippen LogP contribution in [0.2, 0.25) is 0 Å². The molecule has 0 fully saturated rings. The van der Waals surface area contributed by atoms with Crippen LogP contribution < -0.4 is 0 Å². The summed E-state index contributed by atoms with van der Waals surface area (Å²) in [6, 6.07) is 7.57. The van der Waals surface area contributed by atoms with Crippen LogP contribution >= 0.6 is 11.6 Å². The fraction of sp³-hybridized carbons (Fsp3) is 0.533. The largest absolute Gasteiger partial charge is 0.339 e. The van der Waals surface area contributed by atoms with Crippen LogP contribution in [-0.4, -0.2) is 23.9 Å². The van der Waals surface area contributed by atoms with E-state index < -0.39 is 0 Å². The van der Waals surface area contributed by atoms with Gasteiger partial charge in [-0.25, -0.2) is 0 Å². The van der Waals surface area contributed by atoms with Crippen molar-refractivity contribution < 1.29 is 4.79 Å². The topological polar surface area (TPSA) is 20.3 Å². The smallest absolute Gasteiger partial charge is 0.253 e. The normalized spacial score (nSPS) is 12.2. The van der Waals surface area contributed by atoms with E-state index in [0.29, 0.717) is 11.8 Å². The quantitative estimate of drug-likeness (QED) is 0.715. The molecule has 1 unspecified atom stereocenters. The third kappa shape index (κ3) is 4.02. The van der Waals surface area contributed by atoms with Gasteiger partial charge in [-0.2, -0.15) is 0 Å². The first-order chi connectivity index (χ1) is 8.62. The predicted molar refractivity (Wildman–Crippen MR) is 77.0 cm³/mol. The summed E-state index contributed by atoms with van der Waals surface area (Å²) in [5.74, 6) is 1.08. The zero-order valence-electron chi connectivity index (χ0n) is 11.4. The molecule has 0 radical (unpaired) electrons. The Morgan fingerprint density at radius 2 is 2.11 bits per heavy atom. The molecule has 0 aliphatic carbocycles. The molecule has 1 atom stereocenters. The Bertz CT molecular complexity index is 392. The van der Waals surface area contributed by atoms with Crippen molar-refractivity contribution >= 4 is 17.5 Å². The third-order valence-electron chi connectivity index (χ3n) is 3.23. The highest BCUT2D eigenvalue weighted by Gasteiger charge is 2.16. The van der Waals surface area contributed by atoms with Gasteiger partial charge in [0.1, 0.15) is 0 Å². The molecule has 0 aliphatic heterocycles. The molecule has 0 saturated carbocycles. The minimum Gasteiger partial charge on any atom is -0.339 e. The molecule has 1 aromatic carbocycles. The van der Waals surface area contributed by atoms with Crippen LogP contribution in [0.15, 0.2) is 24.3 Å². The van der Waals surface area contributed by atoms with Gasteiger partial charge >= 0.3 is 0 Å². The summed E-state index contributed by atoms with van der Waals surface area (Å²) < 4.78 is 0. The van der Waals surface area contributed by atoms with Crippen molar-refractivity contribution in [3.05, 3.63) is 35.4 Å². The van der Waals surface area contributed by atoms with E-state index in [0.717, 1.165) is 30.6 Å². The maximum absolute atomic E-state index is 12.4. The van der Waals surface area contributed by atoms with Gasteiger partial charge < -0.3 is 4.90 Å². The van der Waals surface area contributed by atoms with Gasteiger partial charge in [-0.15, -0.1) is 11.6 Å². The van der Waals surface area contributed by atoms with E-state index in [4.69, 9.17) is 11.6 Å². The SMILES string of the molecule is CCC(C)CN(CC)C(=O)c1cccc(CCl)c1. The highest BCUT2D eigenvalue weighted by molar-refractivity contribution is 6.17. The Kier molecular flexibility index (Phi) is 6.20. The number of hydrogen-bond acceptors (Lipinski definition) is 1. The van der Waals surface area contributed by atoms with E-state index in [1.807, 2.05) is 36.1 Å². The molecule has 0 aromatic heterocycles. The maximum Gasteiger partial charge on any atom is 0.253 e. The van der Waals surface area contributed by atoms with Gasteiger partial charge in [0, 0.05) is 24.5 Å². The first-order valence-corrected chi connectivity index (χ1v) is 7.09. The molecule has 1 rings (SSSR count). The monoisotopic (exact) mass is 267 g/mol. The number of benzene rings is 1. The van der Waals surface area contributed by atoms with Crippen molar-refractivity contribution in [2.45, 2.75) is 33.1 Å². The van der Waals surface area contributed by atoms with Crippen molar-refractivity contribution in [3.8, 4) is 0 Å². The van der Waals surface area contributed by atoms with Crippen LogP contribution in [0.4, 0.5) is 0 Å². The van der Waals surface area contributed by atoms with Crippen molar-refractivity contribution in [1.29, 1.82) is 0 Å². The fourth-order valence-electron chi connectivity index (χ4n) is 1.83. The summed E-state index contributed by atoms with van der Waals surface area (Å²) in [6.07, 6.45) is 1.09. The molecule has 100 valence electrons. The van der Waals surface area contributed by atoms with Gasteiger partial charge in [0.2, 0.25) is 0 Å². The predicted octanol–water partition coefficient (Wildman–Crippen LogP) is 3.93. The van der Waals surface area contributed by atoms with Crippen molar-refractivity contribution in [2.24, 2.45) is 5.92 Å². The molecule has 2 nitrogen and oxygen atoms in total. The van der Waals surface area contributed by atoms with E-state index in [2.05, 4.69) is 13.8 Å². The minimum absolute atomic E-state index is 0.102. The molecular formula is C15H22ClNO. The second-order valence-electron chi connectivity index (χ2n) is 4.69. The molecule has 1 amide bonds. The van der Waals surface area contributed by atoms with Crippen LogP contribution in [0.5, 0.6) is 0 Å². The molecule has 1 aromatic rings. The van der Waals surface area contributed by atoms with Crippen LogP contribution in [0.1, 0.15) is 43.1 Å². The Morgan fingerprint density at radius 1 is 1.39 bits per heavy atom. The van der Waals surface area contributed by atoms with Gasteiger partial charge in [-0.1, -0.05) is 32.4 Å². The fourth-order valence-corrected chi connectivity index (χ4v) is 2.00. The molecule has 0 bridgehead atoms. The number of nitrogens with zero attached hydrogens (tertiary/aromatic N) is 1. The highest BCUT2D eigenvalue weighted by atomic mass is 35.5. The van der Waals surface area contributed by atoms with Gasteiger partial charge in [0.05, 0.1) is 0 Å². The number of carbonyl (C=O) groups excluding carboxylic acids is 1. The molecule has 0 saturated heterocycles. The summed E-state index contributed by atoms with van der Waals surface area (Å²) >= 11 is 5.80. The highest BCUT2D eigenvalue weighted by Crippen LogP contribution is 2.12.